The van der Waals surface area contributed by atoms with Crippen LogP contribution < -0.4 is 10.1 Å². The van der Waals surface area contributed by atoms with Gasteiger partial charge >= 0.3 is 0 Å². The molecule has 0 amide bonds. The molecule has 0 fully saturated rings. The number of rotatable bonds is 3. The van der Waals surface area contributed by atoms with Gasteiger partial charge in [-0.15, -0.1) is 0 Å². The smallest absolute Gasteiger partial charge is 0.121 e. The Labute approximate surface area is 132 Å². The molecule has 0 spiro atoms. The summed E-state index contributed by atoms with van der Waals surface area (Å²) in [5.41, 5.74) is 3.98. The molecule has 0 aliphatic carbocycles. The monoisotopic (exact) mass is 342 g/mol. The molecular formula is C17H15BrN2O. The molecule has 3 aromatic rings. The molecule has 0 unspecified atom stereocenters. The molecule has 0 aliphatic heterocycles. The Morgan fingerprint density at radius 1 is 1.05 bits per heavy atom. The molecule has 0 bridgehead atoms. The highest BCUT2D eigenvalue weighted by molar-refractivity contribution is 9.10. The molecule has 0 atom stereocenters. The lowest BCUT2D eigenvalue weighted by atomic mass is 10.1. The molecule has 21 heavy (non-hydrogen) atoms. The zero-order valence-corrected chi connectivity index (χ0v) is 13.4. The van der Waals surface area contributed by atoms with Crippen LogP contribution in [0, 0.1) is 6.92 Å². The van der Waals surface area contributed by atoms with Crippen LogP contribution in [0.25, 0.3) is 10.9 Å². The molecule has 2 aromatic carbocycles. The van der Waals surface area contributed by atoms with Gasteiger partial charge in [0.25, 0.3) is 0 Å². The van der Waals surface area contributed by atoms with Gasteiger partial charge in [-0.2, -0.15) is 0 Å². The number of nitrogens with one attached hydrogen (secondary N) is 1. The lowest BCUT2D eigenvalue weighted by Gasteiger charge is -2.12. The average molecular weight is 343 g/mol. The van der Waals surface area contributed by atoms with E-state index in [9.17, 15) is 0 Å². The molecule has 4 heteroatoms. The van der Waals surface area contributed by atoms with Crippen LogP contribution in [0.2, 0.25) is 0 Å². The van der Waals surface area contributed by atoms with Crippen molar-refractivity contribution in [1.82, 2.24) is 4.98 Å². The van der Waals surface area contributed by atoms with Gasteiger partial charge in [-0.1, -0.05) is 15.9 Å². The Morgan fingerprint density at radius 3 is 2.52 bits per heavy atom. The molecule has 0 saturated heterocycles. The number of aryl methyl sites for hydroxylation is 1. The molecule has 0 radical (unpaired) electrons. The number of nitrogens with zero attached hydrogens (tertiary/aromatic N) is 1. The number of halogens is 1. The van der Waals surface area contributed by atoms with Gasteiger partial charge in [-0.3, -0.25) is 4.98 Å². The van der Waals surface area contributed by atoms with E-state index in [4.69, 9.17) is 4.74 Å². The van der Waals surface area contributed by atoms with Crippen molar-refractivity contribution in [3.8, 4) is 5.75 Å². The quantitative estimate of drug-likeness (QED) is 0.722. The van der Waals surface area contributed by atoms with Crippen LogP contribution in [0.15, 0.2) is 53.0 Å². The Hall–Kier alpha value is -2.07. The van der Waals surface area contributed by atoms with E-state index in [1.165, 1.54) is 0 Å². The molecule has 1 N–H and O–H groups in total. The highest BCUT2D eigenvalue weighted by Gasteiger charge is 2.06. The van der Waals surface area contributed by atoms with Gasteiger partial charge in [-0.05, 0) is 49.4 Å². The third-order valence-corrected chi connectivity index (χ3v) is 3.80. The second-order valence-corrected chi connectivity index (χ2v) is 5.74. The van der Waals surface area contributed by atoms with E-state index in [1.807, 2.05) is 49.4 Å². The summed E-state index contributed by atoms with van der Waals surface area (Å²) in [4.78, 5) is 4.57. The summed E-state index contributed by atoms with van der Waals surface area (Å²) < 4.78 is 6.33. The van der Waals surface area contributed by atoms with Crippen molar-refractivity contribution in [3.05, 3.63) is 58.7 Å². The number of aromatic nitrogens is 1. The van der Waals surface area contributed by atoms with E-state index >= 15 is 0 Å². The summed E-state index contributed by atoms with van der Waals surface area (Å²) in [5.74, 6) is 0.815. The number of pyridine rings is 1. The molecule has 1 aromatic heterocycles. The summed E-state index contributed by atoms with van der Waals surface area (Å²) in [5, 5.41) is 4.52. The van der Waals surface area contributed by atoms with Crippen LogP contribution in [-0.4, -0.2) is 12.1 Å². The molecule has 0 aliphatic rings. The number of methoxy groups -OCH3 is 1. The zero-order valence-electron chi connectivity index (χ0n) is 11.9. The first-order valence-corrected chi connectivity index (χ1v) is 7.43. The fraction of sp³-hybridized carbons (Fsp3) is 0.118. The Kier molecular flexibility index (Phi) is 3.80. The largest absolute Gasteiger partial charge is 0.497 e. The van der Waals surface area contributed by atoms with Gasteiger partial charge in [0, 0.05) is 33.0 Å². The number of hydrogen-bond donors (Lipinski definition) is 1. The van der Waals surface area contributed by atoms with Crippen LogP contribution in [0.3, 0.4) is 0 Å². The standard InChI is InChI=1S/C17H15BrN2O/c1-11-9-16(20-13-5-3-12(18)4-6-13)15-8-7-14(21-2)10-17(15)19-11/h3-10H,1-2H3,(H,19,20). The summed E-state index contributed by atoms with van der Waals surface area (Å²) in [6.45, 7) is 1.99. The van der Waals surface area contributed by atoms with Crippen LogP contribution in [0.4, 0.5) is 11.4 Å². The van der Waals surface area contributed by atoms with Crippen molar-refractivity contribution >= 4 is 38.2 Å². The lowest BCUT2D eigenvalue weighted by Crippen LogP contribution is -1.95. The third-order valence-electron chi connectivity index (χ3n) is 3.27. The summed E-state index contributed by atoms with van der Waals surface area (Å²) >= 11 is 3.45. The maximum Gasteiger partial charge on any atom is 0.121 e. The van der Waals surface area contributed by atoms with Crippen LogP contribution in [0.1, 0.15) is 5.69 Å². The van der Waals surface area contributed by atoms with E-state index in [-0.39, 0.29) is 0 Å². The van der Waals surface area contributed by atoms with Crippen molar-refractivity contribution in [1.29, 1.82) is 0 Å². The van der Waals surface area contributed by atoms with Gasteiger partial charge in [0.05, 0.1) is 12.6 Å². The normalized spacial score (nSPS) is 10.6. The van der Waals surface area contributed by atoms with Gasteiger partial charge in [0.15, 0.2) is 0 Å². The SMILES string of the molecule is COc1ccc2c(Nc3ccc(Br)cc3)cc(C)nc2c1. The van der Waals surface area contributed by atoms with E-state index in [2.05, 4.69) is 32.3 Å². The minimum atomic E-state index is 0.815. The number of ether oxygens (including phenoxy) is 1. The predicted molar refractivity (Wildman–Crippen MR) is 90.5 cm³/mol. The molecule has 3 rings (SSSR count). The van der Waals surface area contributed by atoms with E-state index < -0.39 is 0 Å². The van der Waals surface area contributed by atoms with Crippen molar-refractivity contribution in [3.63, 3.8) is 0 Å². The van der Waals surface area contributed by atoms with Crippen LogP contribution in [0.5, 0.6) is 5.75 Å². The highest BCUT2D eigenvalue weighted by atomic mass is 79.9. The number of fused-ring (bicyclic) bond motifs is 1. The summed E-state index contributed by atoms with van der Waals surface area (Å²) in [6, 6.07) is 16.1. The lowest BCUT2D eigenvalue weighted by molar-refractivity contribution is 0.415. The van der Waals surface area contributed by atoms with Crippen molar-refractivity contribution in [2.75, 3.05) is 12.4 Å². The van der Waals surface area contributed by atoms with E-state index in [0.29, 0.717) is 0 Å². The first-order valence-electron chi connectivity index (χ1n) is 6.64. The van der Waals surface area contributed by atoms with Gasteiger partial charge < -0.3 is 10.1 Å². The maximum absolute atomic E-state index is 5.27. The van der Waals surface area contributed by atoms with Crippen LogP contribution >= 0.6 is 15.9 Å². The number of benzene rings is 2. The average Bonchev–Trinajstić information content (AvgIpc) is 2.48. The molecule has 106 valence electrons. The predicted octanol–water partition coefficient (Wildman–Crippen LogP) is 5.06. The topological polar surface area (TPSA) is 34.1 Å². The van der Waals surface area contributed by atoms with Gasteiger partial charge in [0.1, 0.15) is 5.75 Å². The highest BCUT2D eigenvalue weighted by Crippen LogP contribution is 2.29. The molecule has 0 saturated carbocycles. The van der Waals surface area contributed by atoms with E-state index in [1.54, 1.807) is 7.11 Å². The Bertz CT molecular complexity index is 785. The molecular weight excluding hydrogens is 328 g/mol. The second kappa shape index (κ2) is 5.74. The zero-order chi connectivity index (χ0) is 14.8. The summed E-state index contributed by atoms with van der Waals surface area (Å²) in [7, 11) is 1.66. The van der Waals surface area contributed by atoms with Crippen molar-refractivity contribution in [2.45, 2.75) is 6.92 Å². The molecule has 3 nitrogen and oxygen atoms in total. The number of anilines is 2. The van der Waals surface area contributed by atoms with E-state index in [0.717, 1.165) is 38.2 Å². The third kappa shape index (κ3) is 3.00. The minimum absolute atomic E-state index is 0.815. The van der Waals surface area contributed by atoms with Gasteiger partial charge in [-0.25, -0.2) is 0 Å². The van der Waals surface area contributed by atoms with Crippen molar-refractivity contribution < 1.29 is 4.74 Å². The maximum atomic E-state index is 5.27. The molecule has 1 heterocycles. The first kappa shape index (κ1) is 13.9. The first-order chi connectivity index (χ1) is 10.2. The van der Waals surface area contributed by atoms with Crippen molar-refractivity contribution in [2.24, 2.45) is 0 Å². The van der Waals surface area contributed by atoms with Gasteiger partial charge in [0.2, 0.25) is 0 Å². The second-order valence-electron chi connectivity index (χ2n) is 4.83. The van der Waals surface area contributed by atoms with Crippen LogP contribution in [-0.2, 0) is 0 Å². The fourth-order valence-corrected chi connectivity index (χ4v) is 2.52. The Morgan fingerprint density at radius 2 is 1.81 bits per heavy atom. The minimum Gasteiger partial charge on any atom is -0.497 e. The summed E-state index contributed by atoms with van der Waals surface area (Å²) in [6.07, 6.45) is 0. The number of hydrogen-bond acceptors (Lipinski definition) is 3. The fourth-order valence-electron chi connectivity index (χ4n) is 2.26. The Balaban J connectivity index is 2.06.